The summed E-state index contributed by atoms with van der Waals surface area (Å²) in [6.45, 7) is 2.54. The van der Waals surface area contributed by atoms with Gasteiger partial charge >= 0.3 is 11.1 Å². The fraction of sp³-hybridized carbons (Fsp3) is 0.400. The van der Waals surface area contributed by atoms with Gasteiger partial charge in [0, 0.05) is 19.0 Å². The lowest BCUT2D eigenvalue weighted by molar-refractivity contribution is -0.122. The highest BCUT2D eigenvalue weighted by Crippen LogP contribution is 2.18. The number of aryl methyl sites for hydroxylation is 2. The van der Waals surface area contributed by atoms with E-state index in [4.69, 9.17) is 0 Å². The first-order valence-corrected chi connectivity index (χ1v) is 11.1. The van der Waals surface area contributed by atoms with Crippen LogP contribution in [0.2, 0.25) is 0 Å². The SMILES string of the molecule is Cc1ccc(Cn2c(=O)c(=O)n(CCC(=O)NC3CCCCC3)c3ccccc32)cc1. The Morgan fingerprint density at radius 3 is 2.19 bits per heavy atom. The third-order valence-electron chi connectivity index (χ3n) is 6.13. The van der Waals surface area contributed by atoms with Crippen molar-refractivity contribution in [2.24, 2.45) is 0 Å². The summed E-state index contributed by atoms with van der Waals surface area (Å²) in [5.74, 6) is -0.0632. The average Bonchev–Trinajstić information content (AvgIpc) is 2.78. The van der Waals surface area contributed by atoms with Gasteiger partial charge < -0.3 is 9.88 Å². The third kappa shape index (κ3) is 4.79. The van der Waals surface area contributed by atoms with Crippen molar-refractivity contribution < 1.29 is 4.79 Å². The first kappa shape index (κ1) is 21.1. The van der Waals surface area contributed by atoms with Crippen LogP contribution in [0.25, 0.3) is 11.0 Å². The van der Waals surface area contributed by atoms with E-state index in [1.807, 2.05) is 55.5 Å². The molecule has 162 valence electrons. The monoisotopic (exact) mass is 419 g/mol. The van der Waals surface area contributed by atoms with Crippen LogP contribution in [-0.4, -0.2) is 21.1 Å². The van der Waals surface area contributed by atoms with Gasteiger partial charge in [-0.25, -0.2) is 0 Å². The van der Waals surface area contributed by atoms with Crippen molar-refractivity contribution in [1.29, 1.82) is 0 Å². The summed E-state index contributed by atoms with van der Waals surface area (Å²) in [6.07, 6.45) is 5.74. The molecule has 1 aliphatic rings. The zero-order valence-corrected chi connectivity index (χ0v) is 18.0. The number of carbonyl (C=O) groups is 1. The highest BCUT2D eigenvalue weighted by Gasteiger charge is 2.17. The Labute approximate surface area is 181 Å². The maximum absolute atomic E-state index is 13.0. The molecule has 1 amide bonds. The maximum atomic E-state index is 13.0. The lowest BCUT2D eigenvalue weighted by Crippen LogP contribution is -2.43. The molecule has 0 atom stereocenters. The molecule has 0 radical (unpaired) electrons. The Morgan fingerprint density at radius 1 is 0.903 bits per heavy atom. The van der Waals surface area contributed by atoms with Crippen LogP contribution in [-0.2, 0) is 17.9 Å². The van der Waals surface area contributed by atoms with Gasteiger partial charge in [0.2, 0.25) is 5.91 Å². The van der Waals surface area contributed by atoms with E-state index < -0.39 is 11.1 Å². The van der Waals surface area contributed by atoms with Gasteiger partial charge in [-0.2, -0.15) is 0 Å². The van der Waals surface area contributed by atoms with Crippen molar-refractivity contribution in [3.8, 4) is 0 Å². The molecule has 0 aliphatic heterocycles. The Balaban J connectivity index is 1.60. The molecule has 1 N–H and O–H groups in total. The molecule has 0 spiro atoms. The van der Waals surface area contributed by atoms with E-state index in [1.165, 1.54) is 15.6 Å². The Morgan fingerprint density at radius 2 is 1.52 bits per heavy atom. The van der Waals surface area contributed by atoms with Gasteiger partial charge in [-0.05, 0) is 37.5 Å². The van der Waals surface area contributed by atoms with Crippen molar-refractivity contribution in [3.05, 3.63) is 80.4 Å². The van der Waals surface area contributed by atoms with Gasteiger partial charge in [0.25, 0.3) is 0 Å². The average molecular weight is 420 g/mol. The van der Waals surface area contributed by atoms with Crippen molar-refractivity contribution >= 4 is 16.9 Å². The van der Waals surface area contributed by atoms with Gasteiger partial charge in [-0.15, -0.1) is 0 Å². The smallest absolute Gasteiger partial charge is 0.317 e. The molecule has 6 nitrogen and oxygen atoms in total. The number of nitrogens with zero attached hydrogens (tertiary/aromatic N) is 2. The van der Waals surface area contributed by atoms with Gasteiger partial charge in [0.05, 0.1) is 17.6 Å². The molecule has 3 aromatic rings. The molecule has 1 fully saturated rings. The number of hydrogen-bond donors (Lipinski definition) is 1. The summed E-state index contributed by atoms with van der Waals surface area (Å²) in [7, 11) is 0. The number of aromatic nitrogens is 2. The summed E-state index contributed by atoms with van der Waals surface area (Å²) in [4.78, 5) is 38.4. The lowest BCUT2D eigenvalue weighted by Gasteiger charge is -2.23. The molecule has 2 aromatic carbocycles. The predicted octanol–water partition coefficient (Wildman–Crippen LogP) is 3.36. The van der Waals surface area contributed by atoms with Gasteiger partial charge in [0.1, 0.15) is 0 Å². The molecule has 1 heterocycles. The highest BCUT2D eigenvalue weighted by molar-refractivity contribution is 5.77. The van der Waals surface area contributed by atoms with E-state index in [2.05, 4.69) is 5.32 Å². The molecule has 1 saturated carbocycles. The number of nitrogens with one attached hydrogen (secondary N) is 1. The number of carbonyl (C=O) groups excluding carboxylic acids is 1. The second-order valence-electron chi connectivity index (χ2n) is 8.47. The van der Waals surface area contributed by atoms with E-state index in [1.54, 1.807) is 0 Å². The van der Waals surface area contributed by atoms with Crippen LogP contribution in [0, 0.1) is 6.92 Å². The molecular weight excluding hydrogens is 390 g/mol. The summed E-state index contributed by atoms with van der Waals surface area (Å²) < 4.78 is 2.98. The molecule has 6 heteroatoms. The van der Waals surface area contributed by atoms with E-state index >= 15 is 0 Å². The van der Waals surface area contributed by atoms with Crippen molar-refractivity contribution in [2.45, 2.75) is 64.6 Å². The lowest BCUT2D eigenvalue weighted by atomic mass is 9.95. The maximum Gasteiger partial charge on any atom is 0.317 e. The molecule has 0 bridgehead atoms. The van der Waals surface area contributed by atoms with Crippen molar-refractivity contribution in [3.63, 3.8) is 0 Å². The van der Waals surface area contributed by atoms with Crippen molar-refractivity contribution in [2.75, 3.05) is 0 Å². The van der Waals surface area contributed by atoms with Crippen LogP contribution in [0.4, 0.5) is 0 Å². The van der Waals surface area contributed by atoms with Gasteiger partial charge in [-0.3, -0.25) is 19.0 Å². The zero-order valence-electron chi connectivity index (χ0n) is 18.0. The van der Waals surface area contributed by atoms with Gasteiger partial charge in [0.15, 0.2) is 0 Å². The Hall–Kier alpha value is -3.15. The minimum atomic E-state index is -0.587. The number of fused-ring (bicyclic) bond motifs is 1. The van der Waals surface area contributed by atoms with E-state index in [0.717, 1.165) is 36.8 Å². The number of benzene rings is 2. The first-order chi connectivity index (χ1) is 15.0. The van der Waals surface area contributed by atoms with Gasteiger partial charge in [-0.1, -0.05) is 61.2 Å². The molecule has 31 heavy (non-hydrogen) atoms. The van der Waals surface area contributed by atoms with Crippen LogP contribution < -0.4 is 16.4 Å². The fourth-order valence-electron chi connectivity index (χ4n) is 4.39. The number of amides is 1. The summed E-state index contributed by atoms with van der Waals surface area (Å²) in [5.41, 5.74) is 2.32. The molecule has 4 rings (SSSR count). The fourth-order valence-corrected chi connectivity index (χ4v) is 4.39. The Bertz CT molecular complexity index is 1190. The summed E-state index contributed by atoms with van der Waals surface area (Å²) in [6, 6.07) is 15.6. The largest absolute Gasteiger partial charge is 0.353 e. The van der Waals surface area contributed by atoms with Crippen LogP contribution in [0.1, 0.15) is 49.7 Å². The molecule has 0 saturated heterocycles. The minimum Gasteiger partial charge on any atom is -0.353 e. The zero-order chi connectivity index (χ0) is 21.8. The number of rotatable bonds is 6. The predicted molar refractivity (Wildman–Crippen MR) is 122 cm³/mol. The third-order valence-corrected chi connectivity index (χ3v) is 6.13. The Kier molecular flexibility index (Phi) is 6.35. The highest BCUT2D eigenvalue weighted by atomic mass is 16.2. The number of hydrogen-bond acceptors (Lipinski definition) is 3. The second kappa shape index (κ2) is 9.33. The quantitative estimate of drug-likeness (QED) is 0.623. The second-order valence-corrected chi connectivity index (χ2v) is 8.47. The first-order valence-electron chi connectivity index (χ1n) is 11.1. The van der Waals surface area contributed by atoms with E-state index in [9.17, 15) is 14.4 Å². The van der Waals surface area contributed by atoms with Crippen LogP contribution in [0.15, 0.2) is 58.1 Å². The summed E-state index contributed by atoms with van der Waals surface area (Å²) in [5, 5.41) is 3.08. The van der Waals surface area contributed by atoms with Crippen LogP contribution >= 0.6 is 0 Å². The molecule has 1 aliphatic carbocycles. The molecular formula is C25H29N3O3. The van der Waals surface area contributed by atoms with Crippen LogP contribution in [0.3, 0.4) is 0 Å². The van der Waals surface area contributed by atoms with E-state index in [0.29, 0.717) is 17.6 Å². The normalized spacial score (nSPS) is 14.6. The van der Waals surface area contributed by atoms with Crippen molar-refractivity contribution in [1.82, 2.24) is 14.5 Å². The summed E-state index contributed by atoms with van der Waals surface area (Å²) >= 11 is 0. The van der Waals surface area contributed by atoms with Crippen LogP contribution in [0.5, 0.6) is 0 Å². The minimum absolute atomic E-state index is 0.0632. The molecule has 0 unspecified atom stereocenters. The molecule has 1 aromatic heterocycles. The topological polar surface area (TPSA) is 73.1 Å². The number of para-hydroxylation sites is 2. The standard InChI is InChI=1S/C25H29N3O3/c1-18-11-13-19(14-12-18)17-28-22-10-6-5-9-21(22)27(24(30)25(28)31)16-15-23(29)26-20-7-3-2-4-8-20/h5-6,9-14,20H,2-4,7-8,15-17H2,1H3,(H,26,29). The van der Waals surface area contributed by atoms with E-state index in [-0.39, 0.29) is 24.9 Å².